The molecule has 0 aliphatic carbocycles. The molecule has 0 radical (unpaired) electrons. The van der Waals surface area contributed by atoms with E-state index in [2.05, 4.69) is 5.10 Å². The van der Waals surface area contributed by atoms with Crippen LogP contribution in [-0.2, 0) is 13.2 Å². The lowest BCUT2D eigenvalue weighted by Crippen LogP contribution is -2.08. The van der Waals surface area contributed by atoms with Crippen LogP contribution in [0.25, 0.3) is 0 Å². The largest absolute Gasteiger partial charge is 0.416 e. The molecule has 6 heteroatoms. The Bertz CT molecular complexity index is 573. The van der Waals surface area contributed by atoms with E-state index in [0.29, 0.717) is 11.3 Å². The van der Waals surface area contributed by atoms with Crippen molar-refractivity contribution in [2.45, 2.75) is 19.2 Å². The van der Waals surface area contributed by atoms with E-state index < -0.39 is 17.8 Å². The van der Waals surface area contributed by atoms with Crippen molar-refractivity contribution in [1.29, 1.82) is 0 Å². The van der Waals surface area contributed by atoms with Gasteiger partial charge in [-0.05, 0) is 30.7 Å². The van der Waals surface area contributed by atoms with Gasteiger partial charge in [0, 0.05) is 7.05 Å². The fourth-order valence-electron chi connectivity index (χ4n) is 1.91. The third kappa shape index (κ3) is 2.78. The van der Waals surface area contributed by atoms with Gasteiger partial charge in [-0.1, -0.05) is 12.1 Å². The van der Waals surface area contributed by atoms with E-state index in [9.17, 15) is 18.3 Å². The molecular weight excluding hydrogens is 257 g/mol. The number of aromatic nitrogens is 2. The van der Waals surface area contributed by atoms with Crippen molar-refractivity contribution in [3.63, 3.8) is 0 Å². The summed E-state index contributed by atoms with van der Waals surface area (Å²) in [4.78, 5) is 0. The first-order chi connectivity index (χ1) is 8.79. The first kappa shape index (κ1) is 13.6. The zero-order chi connectivity index (χ0) is 14.2. The van der Waals surface area contributed by atoms with Gasteiger partial charge in [-0.15, -0.1) is 0 Å². The number of hydrogen-bond acceptors (Lipinski definition) is 2. The number of rotatable bonds is 2. The van der Waals surface area contributed by atoms with Crippen LogP contribution in [0.2, 0.25) is 0 Å². The SMILES string of the molecule is Cc1cc(C(O)c2ccc(C(F)(F)F)cc2)n(C)n1. The number of alkyl halides is 3. The second-order valence-electron chi connectivity index (χ2n) is 4.36. The number of halogens is 3. The minimum absolute atomic E-state index is 0.399. The maximum atomic E-state index is 12.4. The lowest BCUT2D eigenvalue weighted by atomic mass is 10.0. The zero-order valence-corrected chi connectivity index (χ0v) is 10.4. The number of aliphatic hydroxyl groups excluding tert-OH is 1. The molecule has 1 atom stereocenters. The molecular formula is C13H13F3N2O. The van der Waals surface area contributed by atoms with Crippen LogP contribution in [0.3, 0.4) is 0 Å². The Balaban J connectivity index is 2.30. The molecule has 0 amide bonds. The Morgan fingerprint density at radius 2 is 1.79 bits per heavy atom. The molecule has 1 N–H and O–H groups in total. The summed E-state index contributed by atoms with van der Waals surface area (Å²) in [7, 11) is 1.68. The van der Waals surface area contributed by atoms with Gasteiger partial charge in [-0.25, -0.2) is 0 Å². The van der Waals surface area contributed by atoms with Crippen molar-refractivity contribution in [1.82, 2.24) is 9.78 Å². The van der Waals surface area contributed by atoms with Gasteiger partial charge in [-0.3, -0.25) is 4.68 Å². The predicted octanol–water partition coefficient (Wildman–Crippen LogP) is 2.83. The second kappa shape index (κ2) is 4.70. The van der Waals surface area contributed by atoms with E-state index in [1.54, 1.807) is 20.0 Å². The molecule has 1 aromatic heterocycles. The molecule has 1 aromatic carbocycles. The number of aryl methyl sites for hydroxylation is 2. The van der Waals surface area contributed by atoms with Gasteiger partial charge in [0.2, 0.25) is 0 Å². The highest BCUT2D eigenvalue weighted by molar-refractivity contribution is 5.30. The molecule has 0 aliphatic rings. The standard InChI is InChI=1S/C13H13F3N2O/c1-8-7-11(18(2)17-8)12(19)9-3-5-10(6-4-9)13(14,15)16/h3-7,12,19H,1-2H3. The average Bonchev–Trinajstić information content (AvgIpc) is 2.66. The lowest BCUT2D eigenvalue weighted by molar-refractivity contribution is -0.137. The average molecular weight is 270 g/mol. The maximum absolute atomic E-state index is 12.4. The monoisotopic (exact) mass is 270 g/mol. The van der Waals surface area contributed by atoms with Crippen LogP contribution in [0.1, 0.15) is 28.6 Å². The highest BCUT2D eigenvalue weighted by atomic mass is 19.4. The molecule has 2 aromatic rings. The van der Waals surface area contributed by atoms with Crippen molar-refractivity contribution in [2.24, 2.45) is 7.05 Å². The van der Waals surface area contributed by atoms with Gasteiger partial charge in [0.05, 0.1) is 17.0 Å². The van der Waals surface area contributed by atoms with Crippen LogP contribution in [-0.4, -0.2) is 14.9 Å². The summed E-state index contributed by atoms with van der Waals surface area (Å²) in [6.45, 7) is 1.78. The van der Waals surface area contributed by atoms with E-state index in [1.807, 2.05) is 0 Å². The molecule has 0 saturated carbocycles. The molecule has 0 aliphatic heterocycles. The predicted molar refractivity (Wildman–Crippen MR) is 63.5 cm³/mol. The molecule has 19 heavy (non-hydrogen) atoms. The Kier molecular flexibility index (Phi) is 3.36. The Labute approximate surface area is 108 Å². The van der Waals surface area contributed by atoms with Crippen LogP contribution in [0.4, 0.5) is 13.2 Å². The van der Waals surface area contributed by atoms with Crippen molar-refractivity contribution >= 4 is 0 Å². The third-order valence-electron chi connectivity index (χ3n) is 2.87. The molecule has 102 valence electrons. The smallest absolute Gasteiger partial charge is 0.382 e. The van der Waals surface area contributed by atoms with E-state index in [4.69, 9.17) is 0 Å². The maximum Gasteiger partial charge on any atom is 0.416 e. The van der Waals surface area contributed by atoms with Crippen LogP contribution in [0.5, 0.6) is 0 Å². The van der Waals surface area contributed by atoms with E-state index >= 15 is 0 Å². The molecule has 2 rings (SSSR count). The number of benzene rings is 1. The quantitative estimate of drug-likeness (QED) is 0.911. The normalized spacial score (nSPS) is 13.6. The minimum Gasteiger partial charge on any atom is -0.382 e. The number of aliphatic hydroxyl groups is 1. The molecule has 3 nitrogen and oxygen atoms in total. The van der Waals surface area contributed by atoms with Crippen molar-refractivity contribution in [3.8, 4) is 0 Å². The van der Waals surface area contributed by atoms with Gasteiger partial charge in [0.25, 0.3) is 0 Å². The summed E-state index contributed by atoms with van der Waals surface area (Å²) in [5.41, 5.74) is 0.946. The summed E-state index contributed by atoms with van der Waals surface area (Å²) in [5.74, 6) is 0. The van der Waals surface area contributed by atoms with Gasteiger partial charge in [0.1, 0.15) is 6.10 Å². The van der Waals surface area contributed by atoms with Gasteiger partial charge < -0.3 is 5.11 Å². The van der Waals surface area contributed by atoms with E-state index in [0.717, 1.165) is 17.8 Å². The Hall–Kier alpha value is -1.82. The third-order valence-corrected chi connectivity index (χ3v) is 2.87. The van der Waals surface area contributed by atoms with Gasteiger partial charge in [-0.2, -0.15) is 18.3 Å². The van der Waals surface area contributed by atoms with Gasteiger partial charge in [0.15, 0.2) is 0 Å². The molecule has 0 bridgehead atoms. The molecule has 0 fully saturated rings. The van der Waals surface area contributed by atoms with Crippen LogP contribution < -0.4 is 0 Å². The van der Waals surface area contributed by atoms with Crippen molar-refractivity contribution < 1.29 is 18.3 Å². The topological polar surface area (TPSA) is 38.0 Å². The van der Waals surface area contributed by atoms with E-state index in [-0.39, 0.29) is 0 Å². The Morgan fingerprint density at radius 3 is 2.21 bits per heavy atom. The van der Waals surface area contributed by atoms with E-state index in [1.165, 1.54) is 16.8 Å². The Morgan fingerprint density at radius 1 is 1.21 bits per heavy atom. The molecule has 1 heterocycles. The van der Waals surface area contributed by atoms with Crippen LogP contribution in [0, 0.1) is 6.92 Å². The van der Waals surface area contributed by atoms with Crippen molar-refractivity contribution in [2.75, 3.05) is 0 Å². The summed E-state index contributed by atoms with van der Waals surface area (Å²) in [6, 6.07) is 6.16. The fraction of sp³-hybridized carbons (Fsp3) is 0.308. The van der Waals surface area contributed by atoms with Crippen LogP contribution >= 0.6 is 0 Å². The summed E-state index contributed by atoms with van der Waals surface area (Å²) in [6.07, 6.45) is -5.36. The van der Waals surface area contributed by atoms with Crippen LogP contribution in [0.15, 0.2) is 30.3 Å². The molecule has 0 spiro atoms. The number of nitrogens with zero attached hydrogens (tertiary/aromatic N) is 2. The first-order valence-electron chi connectivity index (χ1n) is 5.65. The molecule has 0 saturated heterocycles. The summed E-state index contributed by atoms with van der Waals surface area (Å²) in [5, 5.41) is 14.2. The highest BCUT2D eigenvalue weighted by Gasteiger charge is 2.30. The zero-order valence-electron chi connectivity index (χ0n) is 10.4. The van der Waals surface area contributed by atoms with Crippen molar-refractivity contribution in [3.05, 3.63) is 52.8 Å². The molecule has 1 unspecified atom stereocenters. The van der Waals surface area contributed by atoms with Gasteiger partial charge >= 0.3 is 6.18 Å². The summed E-state index contributed by atoms with van der Waals surface area (Å²) < 4.78 is 38.8. The first-order valence-corrected chi connectivity index (χ1v) is 5.65. The number of hydrogen-bond donors (Lipinski definition) is 1. The second-order valence-corrected chi connectivity index (χ2v) is 4.36. The fourth-order valence-corrected chi connectivity index (χ4v) is 1.91. The summed E-state index contributed by atoms with van der Waals surface area (Å²) >= 11 is 0. The highest BCUT2D eigenvalue weighted by Crippen LogP contribution is 2.31. The minimum atomic E-state index is -4.37. The lowest BCUT2D eigenvalue weighted by Gasteiger charge is -2.13.